The number of benzene rings is 3. The number of fused-ring (bicyclic) bond motifs is 1. The normalized spacial score (nSPS) is 11.0. The number of amides is 1. The van der Waals surface area contributed by atoms with Gasteiger partial charge in [-0.1, -0.05) is 30.3 Å². The number of carbonyl (C=O) groups excluding carboxylic acids is 1. The lowest BCUT2D eigenvalue weighted by Gasteiger charge is -2.09. The molecule has 0 aliphatic carbocycles. The second kappa shape index (κ2) is 9.13. The van der Waals surface area contributed by atoms with Gasteiger partial charge in [-0.15, -0.1) is 4.68 Å². The predicted molar refractivity (Wildman–Crippen MR) is 124 cm³/mol. The van der Waals surface area contributed by atoms with Gasteiger partial charge in [0.05, 0.1) is 17.1 Å². The molecule has 160 valence electrons. The molecule has 0 saturated heterocycles. The van der Waals surface area contributed by atoms with E-state index in [1.54, 1.807) is 48.5 Å². The van der Waals surface area contributed by atoms with Crippen LogP contribution in [0.4, 0.5) is 5.69 Å². The molecule has 0 atom stereocenters. The number of H-pyrrole nitrogens is 1. The number of nitrogens with zero attached hydrogens (tertiary/aromatic N) is 2. The Bertz CT molecular complexity index is 1420. The number of aromatic amines is 1. The molecule has 0 unspecified atom stereocenters. The van der Waals surface area contributed by atoms with Crippen molar-refractivity contribution >= 4 is 28.7 Å². The maximum Gasteiger partial charge on any atom is 0.349 e. The second-order valence-electron chi connectivity index (χ2n) is 7.06. The van der Waals surface area contributed by atoms with Crippen molar-refractivity contribution in [1.82, 2.24) is 9.66 Å². The van der Waals surface area contributed by atoms with E-state index in [1.807, 2.05) is 31.2 Å². The van der Waals surface area contributed by atoms with Crippen LogP contribution in [0.2, 0.25) is 0 Å². The standard InChI is InChI=1S/C24H20N4O4/c1-16-6-2-4-8-20(16)26-22(29)15-32-18-12-10-17(11-13-18)14-25-28-23(30)19-7-3-5-9-21(19)27-24(28)31/h2-14H,15H2,1H3,(H,26,29)(H,27,31). The first kappa shape index (κ1) is 20.8. The zero-order valence-electron chi connectivity index (χ0n) is 17.2. The number of anilines is 1. The largest absolute Gasteiger partial charge is 0.484 e. The number of aryl methyl sites for hydroxylation is 1. The molecule has 0 spiro atoms. The van der Waals surface area contributed by atoms with Crippen molar-refractivity contribution < 1.29 is 9.53 Å². The number of rotatable bonds is 6. The molecule has 1 heterocycles. The van der Waals surface area contributed by atoms with Crippen LogP contribution in [0.3, 0.4) is 0 Å². The monoisotopic (exact) mass is 428 g/mol. The van der Waals surface area contributed by atoms with Crippen LogP contribution in [0.5, 0.6) is 5.75 Å². The van der Waals surface area contributed by atoms with Crippen LogP contribution >= 0.6 is 0 Å². The highest BCUT2D eigenvalue weighted by molar-refractivity contribution is 5.92. The van der Waals surface area contributed by atoms with E-state index in [-0.39, 0.29) is 12.5 Å². The summed E-state index contributed by atoms with van der Waals surface area (Å²) in [6.07, 6.45) is 1.40. The Balaban J connectivity index is 1.41. The molecular formula is C24H20N4O4. The number of hydrogen-bond acceptors (Lipinski definition) is 5. The van der Waals surface area contributed by atoms with Gasteiger partial charge < -0.3 is 15.0 Å². The summed E-state index contributed by atoms with van der Waals surface area (Å²) in [7, 11) is 0. The Kier molecular flexibility index (Phi) is 5.94. The fourth-order valence-corrected chi connectivity index (χ4v) is 3.08. The quantitative estimate of drug-likeness (QED) is 0.461. The topological polar surface area (TPSA) is 106 Å². The fraction of sp³-hybridized carbons (Fsp3) is 0.0833. The van der Waals surface area contributed by atoms with E-state index in [1.165, 1.54) is 6.21 Å². The van der Waals surface area contributed by atoms with Crippen molar-refractivity contribution in [3.63, 3.8) is 0 Å². The third kappa shape index (κ3) is 4.65. The van der Waals surface area contributed by atoms with Crippen LogP contribution < -0.4 is 21.3 Å². The number of carbonyl (C=O) groups is 1. The second-order valence-corrected chi connectivity index (χ2v) is 7.06. The highest BCUT2D eigenvalue weighted by Gasteiger charge is 2.07. The van der Waals surface area contributed by atoms with Gasteiger partial charge in [-0.05, 0) is 60.5 Å². The molecule has 0 bridgehead atoms. The molecule has 32 heavy (non-hydrogen) atoms. The molecule has 8 heteroatoms. The summed E-state index contributed by atoms with van der Waals surface area (Å²) >= 11 is 0. The highest BCUT2D eigenvalue weighted by atomic mass is 16.5. The van der Waals surface area contributed by atoms with Gasteiger partial charge in [-0.3, -0.25) is 9.59 Å². The summed E-state index contributed by atoms with van der Waals surface area (Å²) in [6.45, 7) is 1.78. The molecule has 0 fully saturated rings. The van der Waals surface area contributed by atoms with Crippen LogP contribution in [0.1, 0.15) is 11.1 Å². The first-order valence-electron chi connectivity index (χ1n) is 9.88. The predicted octanol–water partition coefficient (Wildman–Crippen LogP) is 2.90. The number of para-hydroxylation sites is 2. The van der Waals surface area contributed by atoms with E-state index in [0.717, 1.165) is 15.9 Å². The van der Waals surface area contributed by atoms with Crippen LogP contribution in [-0.2, 0) is 4.79 Å². The first-order chi connectivity index (χ1) is 15.5. The summed E-state index contributed by atoms with van der Waals surface area (Å²) in [5, 5.41) is 7.19. The van der Waals surface area contributed by atoms with Crippen LogP contribution in [0.15, 0.2) is 87.5 Å². The fourth-order valence-electron chi connectivity index (χ4n) is 3.08. The summed E-state index contributed by atoms with van der Waals surface area (Å²) in [6, 6.07) is 21.0. The van der Waals surface area contributed by atoms with Gasteiger partial charge in [0.25, 0.3) is 11.5 Å². The smallest absolute Gasteiger partial charge is 0.349 e. The summed E-state index contributed by atoms with van der Waals surface area (Å²) in [4.78, 5) is 39.4. The maximum absolute atomic E-state index is 12.5. The molecule has 8 nitrogen and oxygen atoms in total. The van der Waals surface area contributed by atoms with E-state index in [2.05, 4.69) is 15.4 Å². The summed E-state index contributed by atoms with van der Waals surface area (Å²) < 4.78 is 6.30. The Morgan fingerprint density at radius 1 is 1.03 bits per heavy atom. The van der Waals surface area contributed by atoms with E-state index in [9.17, 15) is 14.4 Å². The summed E-state index contributed by atoms with van der Waals surface area (Å²) in [5.74, 6) is 0.239. The zero-order chi connectivity index (χ0) is 22.5. The lowest BCUT2D eigenvalue weighted by Crippen LogP contribution is -2.32. The average Bonchev–Trinajstić information content (AvgIpc) is 2.80. The van der Waals surface area contributed by atoms with Crippen LogP contribution in [-0.4, -0.2) is 28.4 Å². The molecule has 1 amide bonds. The summed E-state index contributed by atoms with van der Waals surface area (Å²) in [5.41, 5.74) is 1.70. The number of ether oxygens (including phenoxy) is 1. The maximum atomic E-state index is 12.5. The zero-order valence-corrected chi connectivity index (χ0v) is 17.2. The SMILES string of the molecule is Cc1ccccc1NC(=O)COc1ccc(C=Nn2c(=O)[nH]c3ccccc3c2=O)cc1. The van der Waals surface area contributed by atoms with Gasteiger partial charge in [-0.25, -0.2) is 4.79 Å². The van der Waals surface area contributed by atoms with Gasteiger partial charge in [0.15, 0.2) is 6.61 Å². The molecule has 0 aliphatic heterocycles. The van der Waals surface area contributed by atoms with Crippen LogP contribution in [0, 0.1) is 6.92 Å². The first-order valence-corrected chi connectivity index (χ1v) is 9.88. The molecule has 0 radical (unpaired) electrons. The lowest BCUT2D eigenvalue weighted by atomic mass is 10.2. The molecule has 1 aromatic heterocycles. The molecule has 4 aromatic rings. The minimum atomic E-state index is -0.621. The van der Waals surface area contributed by atoms with Crippen molar-refractivity contribution in [2.24, 2.45) is 5.10 Å². The van der Waals surface area contributed by atoms with Crippen molar-refractivity contribution in [2.45, 2.75) is 6.92 Å². The van der Waals surface area contributed by atoms with Gasteiger partial charge in [-0.2, -0.15) is 5.10 Å². The van der Waals surface area contributed by atoms with Crippen molar-refractivity contribution in [3.8, 4) is 5.75 Å². The van der Waals surface area contributed by atoms with Gasteiger partial charge >= 0.3 is 5.69 Å². The molecule has 4 rings (SSSR count). The van der Waals surface area contributed by atoms with E-state index in [0.29, 0.717) is 22.2 Å². The number of nitrogens with one attached hydrogen (secondary N) is 2. The Hall–Kier alpha value is -4.46. The van der Waals surface area contributed by atoms with E-state index < -0.39 is 11.2 Å². The average molecular weight is 428 g/mol. The van der Waals surface area contributed by atoms with E-state index in [4.69, 9.17) is 4.74 Å². The lowest BCUT2D eigenvalue weighted by molar-refractivity contribution is -0.118. The van der Waals surface area contributed by atoms with Crippen LogP contribution in [0.25, 0.3) is 10.9 Å². The van der Waals surface area contributed by atoms with Gasteiger partial charge in [0.1, 0.15) is 5.75 Å². The van der Waals surface area contributed by atoms with Crippen molar-refractivity contribution in [3.05, 3.63) is 105 Å². The molecule has 0 saturated carbocycles. The Morgan fingerprint density at radius 3 is 2.53 bits per heavy atom. The minimum Gasteiger partial charge on any atom is -0.484 e. The Labute approximate surface area is 182 Å². The highest BCUT2D eigenvalue weighted by Crippen LogP contribution is 2.14. The number of aromatic nitrogens is 2. The van der Waals surface area contributed by atoms with E-state index >= 15 is 0 Å². The molecule has 2 N–H and O–H groups in total. The number of hydrogen-bond donors (Lipinski definition) is 2. The molecule has 3 aromatic carbocycles. The van der Waals surface area contributed by atoms with Crippen molar-refractivity contribution in [1.29, 1.82) is 0 Å². The molecular weight excluding hydrogens is 408 g/mol. The minimum absolute atomic E-state index is 0.135. The van der Waals surface area contributed by atoms with Gasteiger partial charge in [0, 0.05) is 5.69 Å². The third-order valence-corrected chi connectivity index (χ3v) is 4.78. The molecule has 0 aliphatic rings. The van der Waals surface area contributed by atoms with Crippen molar-refractivity contribution in [2.75, 3.05) is 11.9 Å². The van der Waals surface area contributed by atoms with Gasteiger partial charge in [0.2, 0.25) is 0 Å². The third-order valence-electron chi connectivity index (χ3n) is 4.78. The Morgan fingerprint density at radius 2 is 1.75 bits per heavy atom.